The summed E-state index contributed by atoms with van der Waals surface area (Å²) >= 11 is 0. The standard InChI is InChI=1S/C27H24N2O2/c1-18-14-15-22(17-19(18)2)29-26(30)24(21-10-4-3-5-11-21)25(27(29)31)28-16-8-12-20-9-6-7-13-23(20)28/h3-7,9-11,13-15,17H,8,12,16H2,1-2H3. The lowest BCUT2D eigenvalue weighted by molar-refractivity contribution is -0.120. The van der Waals surface area contributed by atoms with E-state index in [4.69, 9.17) is 0 Å². The Bertz CT molecular complexity index is 1230. The van der Waals surface area contributed by atoms with Gasteiger partial charge in [0.15, 0.2) is 0 Å². The third-order valence-corrected chi connectivity index (χ3v) is 6.25. The van der Waals surface area contributed by atoms with E-state index in [0.29, 0.717) is 23.5 Å². The number of carbonyl (C=O) groups excluding carboxylic acids is 2. The van der Waals surface area contributed by atoms with E-state index in [0.717, 1.165) is 35.2 Å². The highest BCUT2D eigenvalue weighted by Crippen LogP contribution is 2.39. The van der Waals surface area contributed by atoms with Crippen LogP contribution in [-0.2, 0) is 16.0 Å². The normalized spacial score (nSPS) is 16.2. The lowest BCUT2D eigenvalue weighted by Gasteiger charge is -2.32. The minimum Gasteiger partial charge on any atom is -0.336 e. The molecule has 0 unspecified atom stereocenters. The maximum absolute atomic E-state index is 13.8. The molecule has 2 amide bonds. The lowest BCUT2D eigenvalue weighted by atomic mass is 9.98. The monoisotopic (exact) mass is 408 g/mol. The number of para-hydroxylation sites is 1. The molecule has 154 valence electrons. The Morgan fingerprint density at radius 2 is 1.52 bits per heavy atom. The van der Waals surface area contributed by atoms with Gasteiger partial charge in [0.2, 0.25) is 0 Å². The van der Waals surface area contributed by atoms with Gasteiger partial charge in [-0.15, -0.1) is 0 Å². The smallest absolute Gasteiger partial charge is 0.282 e. The van der Waals surface area contributed by atoms with Crippen LogP contribution in [0, 0.1) is 13.8 Å². The number of hydrogen-bond donors (Lipinski definition) is 0. The molecule has 2 heterocycles. The van der Waals surface area contributed by atoms with Crippen LogP contribution in [0.1, 0.15) is 28.7 Å². The zero-order chi connectivity index (χ0) is 21.5. The third-order valence-electron chi connectivity index (χ3n) is 6.25. The molecule has 31 heavy (non-hydrogen) atoms. The van der Waals surface area contributed by atoms with Crippen molar-refractivity contribution in [2.75, 3.05) is 16.3 Å². The lowest BCUT2D eigenvalue weighted by Crippen LogP contribution is -2.37. The van der Waals surface area contributed by atoms with Crippen molar-refractivity contribution >= 4 is 28.8 Å². The van der Waals surface area contributed by atoms with Crippen LogP contribution >= 0.6 is 0 Å². The summed E-state index contributed by atoms with van der Waals surface area (Å²) in [6.07, 6.45) is 1.91. The van der Waals surface area contributed by atoms with Gasteiger partial charge in [0.05, 0.1) is 11.3 Å². The van der Waals surface area contributed by atoms with Crippen molar-refractivity contribution in [1.82, 2.24) is 0 Å². The molecule has 4 nitrogen and oxygen atoms in total. The Balaban J connectivity index is 1.69. The van der Waals surface area contributed by atoms with Crippen molar-refractivity contribution < 1.29 is 9.59 Å². The maximum atomic E-state index is 13.8. The maximum Gasteiger partial charge on any atom is 0.282 e. The second-order valence-electron chi connectivity index (χ2n) is 8.19. The molecule has 0 saturated carbocycles. The van der Waals surface area contributed by atoms with Gasteiger partial charge >= 0.3 is 0 Å². The first-order valence-corrected chi connectivity index (χ1v) is 10.7. The summed E-state index contributed by atoms with van der Waals surface area (Å²) in [5, 5.41) is 0. The average Bonchev–Trinajstić information content (AvgIpc) is 3.06. The van der Waals surface area contributed by atoms with Gasteiger partial charge in [-0.05, 0) is 67.1 Å². The van der Waals surface area contributed by atoms with E-state index >= 15 is 0 Å². The van der Waals surface area contributed by atoms with Crippen LogP contribution in [0.3, 0.4) is 0 Å². The highest BCUT2D eigenvalue weighted by molar-refractivity contribution is 6.46. The molecular weight excluding hydrogens is 384 g/mol. The van der Waals surface area contributed by atoms with E-state index in [1.807, 2.05) is 85.5 Å². The highest BCUT2D eigenvalue weighted by Gasteiger charge is 2.43. The van der Waals surface area contributed by atoms with Gasteiger partial charge in [-0.25, -0.2) is 4.90 Å². The second-order valence-corrected chi connectivity index (χ2v) is 8.19. The molecule has 0 aliphatic carbocycles. The fraction of sp³-hybridized carbons (Fsp3) is 0.185. The molecule has 2 aliphatic heterocycles. The van der Waals surface area contributed by atoms with E-state index in [1.165, 1.54) is 10.5 Å². The zero-order valence-corrected chi connectivity index (χ0v) is 17.8. The topological polar surface area (TPSA) is 40.6 Å². The summed E-state index contributed by atoms with van der Waals surface area (Å²) in [6.45, 7) is 4.73. The van der Waals surface area contributed by atoms with Crippen LogP contribution < -0.4 is 9.80 Å². The molecule has 0 spiro atoms. The van der Waals surface area contributed by atoms with Crippen molar-refractivity contribution in [3.8, 4) is 0 Å². The number of anilines is 2. The predicted molar refractivity (Wildman–Crippen MR) is 124 cm³/mol. The number of amides is 2. The van der Waals surface area contributed by atoms with E-state index in [2.05, 4.69) is 6.07 Å². The minimum absolute atomic E-state index is 0.260. The molecule has 0 saturated heterocycles. The Morgan fingerprint density at radius 1 is 0.774 bits per heavy atom. The van der Waals surface area contributed by atoms with Crippen LogP contribution in [0.15, 0.2) is 78.5 Å². The molecule has 3 aromatic carbocycles. The van der Waals surface area contributed by atoms with Gasteiger partial charge in [-0.1, -0.05) is 54.6 Å². The zero-order valence-electron chi connectivity index (χ0n) is 17.8. The van der Waals surface area contributed by atoms with Crippen LogP contribution in [0.4, 0.5) is 11.4 Å². The number of aryl methyl sites for hydroxylation is 3. The molecule has 5 rings (SSSR count). The predicted octanol–water partition coefficient (Wildman–Crippen LogP) is 5.04. The molecule has 2 aliphatic rings. The Morgan fingerprint density at radius 3 is 2.29 bits per heavy atom. The Hall–Kier alpha value is -3.66. The van der Waals surface area contributed by atoms with Gasteiger partial charge in [-0.2, -0.15) is 0 Å². The molecule has 0 radical (unpaired) electrons. The fourth-order valence-electron chi connectivity index (χ4n) is 4.50. The quantitative estimate of drug-likeness (QED) is 0.570. The first kappa shape index (κ1) is 19.3. The summed E-state index contributed by atoms with van der Waals surface area (Å²) in [5.41, 5.74) is 6.73. The molecule has 3 aromatic rings. The van der Waals surface area contributed by atoms with Gasteiger partial charge < -0.3 is 4.90 Å². The Kier molecular flexibility index (Phi) is 4.70. The minimum atomic E-state index is -0.266. The fourth-order valence-corrected chi connectivity index (χ4v) is 4.50. The Labute approximate surface area is 182 Å². The summed E-state index contributed by atoms with van der Waals surface area (Å²) in [6, 6.07) is 23.4. The van der Waals surface area contributed by atoms with Crippen LogP contribution in [0.25, 0.3) is 5.57 Å². The molecular formula is C27H24N2O2. The highest BCUT2D eigenvalue weighted by atomic mass is 16.2. The first-order valence-electron chi connectivity index (χ1n) is 10.7. The van der Waals surface area contributed by atoms with Crippen molar-refractivity contribution in [3.05, 3.63) is 101 Å². The molecule has 0 aromatic heterocycles. The van der Waals surface area contributed by atoms with Gasteiger partial charge in [0.25, 0.3) is 11.8 Å². The molecule has 0 atom stereocenters. The first-order chi connectivity index (χ1) is 15.1. The number of imide groups is 1. The van der Waals surface area contributed by atoms with E-state index < -0.39 is 0 Å². The SMILES string of the molecule is Cc1ccc(N2C(=O)C(c3ccccc3)=C(N3CCCc4ccccc43)C2=O)cc1C. The summed E-state index contributed by atoms with van der Waals surface area (Å²) in [4.78, 5) is 30.9. The van der Waals surface area contributed by atoms with Crippen molar-refractivity contribution in [3.63, 3.8) is 0 Å². The van der Waals surface area contributed by atoms with Crippen LogP contribution in [0.5, 0.6) is 0 Å². The van der Waals surface area contributed by atoms with E-state index in [1.54, 1.807) is 0 Å². The van der Waals surface area contributed by atoms with Gasteiger partial charge in [-0.3, -0.25) is 9.59 Å². The van der Waals surface area contributed by atoms with Crippen LogP contribution in [-0.4, -0.2) is 18.4 Å². The molecule has 0 bridgehead atoms. The molecule has 0 fully saturated rings. The number of benzene rings is 3. The number of hydrogen-bond acceptors (Lipinski definition) is 3. The largest absolute Gasteiger partial charge is 0.336 e. The van der Waals surface area contributed by atoms with Gasteiger partial charge in [0, 0.05) is 12.2 Å². The van der Waals surface area contributed by atoms with Crippen molar-refractivity contribution in [2.45, 2.75) is 26.7 Å². The van der Waals surface area contributed by atoms with E-state index in [9.17, 15) is 9.59 Å². The molecule has 4 heteroatoms. The number of fused-ring (bicyclic) bond motifs is 1. The third kappa shape index (κ3) is 3.15. The number of nitrogens with zero attached hydrogens (tertiary/aromatic N) is 2. The summed E-state index contributed by atoms with van der Waals surface area (Å²) < 4.78 is 0. The number of carbonyl (C=O) groups is 2. The van der Waals surface area contributed by atoms with E-state index in [-0.39, 0.29) is 11.8 Å². The van der Waals surface area contributed by atoms with Gasteiger partial charge in [0.1, 0.15) is 5.70 Å². The summed E-state index contributed by atoms with van der Waals surface area (Å²) in [7, 11) is 0. The van der Waals surface area contributed by atoms with Crippen molar-refractivity contribution in [2.24, 2.45) is 0 Å². The van der Waals surface area contributed by atoms with Crippen molar-refractivity contribution in [1.29, 1.82) is 0 Å². The average molecular weight is 409 g/mol. The van der Waals surface area contributed by atoms with Crippen LogP contribution in [0.2, 0.25) is 0 Å². The molecule has 0 N–H and O–H groups in total. The number of rotatable bonds is 3. The summed E-state index contributed by atoms with van der Waals surface area (Å²) in [5.74, 6) is -0.527. The second kappa shape index (κ2) is 7.55.